The largest absolute Gasteiger partial charge is 0.347 e. The molecule has 0 unspecified atom stereocenters. The average Bonchev–Trinajstić information content (AvgIpc) is 3.37. The van der Waals surface area contributed by atoms with Crippen LogP contribution in [-0.4, -0.2) is 56.0 Å². The van der Waals surface area contributed by atoms with E-state index in [9.17, 15) is 4.79 Å². The van der Waals surface area contributed by atoms with Gasteiger partial charge in [-0.2, -0.15) is 0 Å². The molecule has 2 aromatic heterocycles. The van der Waals surface area contributed by atoms with Crippen LogP contribution in [0.15, 0.2) is 42.4 Å². The highest BCUT2D eigenvalue weighted by molar-refractivity contribution is 5.93. The van der Waals surface area contributed by atoms with Crippen molar-refractivity contribution in [2.24, 2.45) is 7.05 Å². The molecule has 1 amide bonds. The number of hydrogen-bond donors (Lipinski definition) is 1. The van der Waals surface area contributed by atoms with Crippen molar-refractivity contribution in [3.8, 4) is 0 Å². The highest BCUT2D eigenvalue weighted by atomic mass is 16.2. The predicted octanol–water partition coefficient (Wildman–Crippen LogP) is 1.77. The monoisotopic (exact) mass is 354 g/mol. The van der Waals surface area contributed by atoms with E-state index >= 15 is 0 Å². The van der Waals surface area contributed by atoms with E-state index in [-0.39, 0.29) is 18.0 Å². The van der Waals surface area contributed by atoms with Crippen LogP contribution in [0.3, 0.4) is 0 Å². The van der Waals surface area contributed by atoms with Gasteiger partial charge in [-0.1, -0.05) is 16.9 Å². The van der Waals surface area contributed by atoms with Gasteiger partial charge < -0.3 is 9.88 Å². The van der Waals surface area contributed by atoms with E-state index in [2.05, 4.69) is 26.6 Å². The SMILES string of the molecule is Cn1cccc1C(=O)N[C@@H]1CN(CC2=CCCCC2)C[C@@H]1n1ccnn1. The molecule has 0 bridgehead atoms. The van der Waals surface area contributed by atoms with Crippen LogP contribution in [0.2, 0.25) is 0 Å². The Labute approximate surface area is 153 Å². The maximum absolute atomic E-state index is 12.7. The van der Waals surface area contributed by atoms with Crippen LogP contribution in [0.5, 0.6) is 0 Å². The van der Waals surface area contributed by atoms with Gasteiger partial charge >= 0.3 is 0 Å². The number of nitrogens with one attached hydrogen (secondary N) is 1. The Bertz CT molecular complexity index is 778. The summed E-state index contributed by atoms with van der Waals surface area (Å²) < 4.78 is 3.73. The van der Waals surface area contributed by atoms with E-state index in [1.165, 1.54) is 31.3 Å². The van der Waals surface area contributed by atoms with Crippen molar-refractivity contribution in [2.75, 3.05) is 19.6 Å². The van der Waals surface area contributed by atoms with Crippen LogP contribution in [-0.2, 0) is 7.05 Å². The Hall–Kier alpha value is -2.41. The smallest absolute Gasteiger partial charge is 0.268 e. The van der Waals surface area contributed by atoms with E-state index in [1.54, 1.807) is 6.20 Å². The molecular weight excluding hydrogens is 328 g/mol. The van der Waals surface area contributed by atoms with Crippen molar-refractivity contribution >= 4 is 5.91 Å². The zero-order valence-electron chi connectivity index (χ0n) is 15.2. The van der Waals surface area contributed by atoms with Crippen molar-refractivity contribution in [2.45, 2.75) is 37.8 Å². The molecular formula is C19H26N6O. The van der Waals surface area contributed by atoms with Crippen molar-refractivity contribution in [3.05, 3.63) is 48.1 Å². The number of likely N-dealkylation sites (tertiary alicyclic amines) is 1. The van der Waals surface area contributed by atoms with Gasteiger partial charge in [-0.05, 0) is 37.8 Å². The van der Waals surface area contributed by atoms with Gasteiger partial charge in [0, 0.05) is 39.1 Å². The zero-order chi connectivity index (χ0) is 17.9. The number of aryl methyl sites for hydroxylation is 1. The third-order valence-corrected chi connectivity index (χ3v) is 5.45. The number of aromatic nitrogens is 4. The topological polar surface area (TPSA) is 68.0 Å². The Morgan fingerprint density at radius 3 is 2.92 bits per heavy atom. The van der Waals surface area contributed by atoms with Crippen LogP contribution >= 0.6 is 0 Å². The third kappa shape index (κ3) is 3.58. The lowest BCUT2D eigenvalue weighted by atomic mass is 9.99. The fourth-order valence-electron chi connectivity index (χ4n) is 4.07. The number of hydrogen-bond acceptors (Lipinski definition) is 4. The highest BCUT2D eigenvalue weighted by Gasteiger charge is 2.36. The summed E-state index contributed by atoms with van der Waals surface area (Å²) in [5.74, 6) is -0.0358. The Morgan fingerprint density at radius 2 is 2.23 bits per heavy atom. The molecule has 1 saturated heterocycles. The molecule has 26 heavy (non-hydrogen) atoms. The van der Waals surface area contributed by atoms with Gasteiger partial charge in [0.1, 0.15) is 5.69 Å². The van der Waals surface area contributed by atoms with Crippen molar-refractivity contribution in [1.29, 1.82) is 0 Å². The van der Waals surface area contributed by atoms with Gasteiger partial charge in [0.2, 0.25) is 0 Å². The zero-order valence-corrected chi connectivity index (χ0v) is 15.2. The number of carbonyl (C=O) groups is 1. The molecule has 138 valence electrons. The molecule has 1 N–H and O–H groups in total. The lowest BCUT2D eigenvalue weighted by molar-refractivity contribution is 0.0921. The minimum Gasteiger partial charge on any atom is -0.347 e. The van der Waals surface area contributed by atoms with Crippen LogP contribution < -0.4 is 5.32 Å². The van der Waals surface area contributed by atoms with Gasteiger partial charge in [-0.15, -0.1) is 5.10 Å². The van der Waals surface area contributed by atoms with Crippen molar-refractivity contribution in [1.82, 2.24) is 29.8 Å². The number of rotatable bonds is 5. The molecule has 2 aromatic rings. The predicted molar refractivity (Wildman–Crippen MR) is 98.7 cm³/mol. The molecule has 7 heteroatoms. The summed E-state index contributed by atoms with van der Waals surface area (Å²) in [6, 6.07) is 3.86. The number of carbonyl (C=O) groups excluding carboxylic acids is 1. The quantitative estimate of drug-likeness (QED) is 0.831. The normalized spacial score (nSPS) is 23.8. The maximum Gasteiger partial charge on any atom is 0.268 e. The molecule has 2 aliphatic rings. The molecule has 7 nitrogen and oxygen atoms in total. The first-order valence-electron chi connectivity index (χ1n) is 9.39. The summed E-state index contributed by atoms with van der Waals surface area (Å²) in [7, 11) is 1.89. The maximum atomic E-state index is 12.7. The highest BCUT2D eigenvalue weighted by Crippen LogP contribution is 2.25. The molecule has 4 rings (SSSR count). The Morgan fingerprint density at radius 1 is 1.31 bits per heavy atom. The molecule has 3 heterocycles. The minimum absolute atomic E-state index is 0.0169. The Kier molecular flexibility index (Phi) is 4.88. The third-order valence-electron chi connectivity index (χ3n) is 5.45. The number of amides is 1. The summed E-state index contributed by atoms with van der Waals surface area (Å²) >= 11 is 0. The van der Waals surface area contributed by atoms with E-state index in [4.69, 9.17) is 0 Å². The number of nitrogens with zero attached hydrogens (tertiary/aromatic N) is 5. The van der Waals surface area contributed by atoms with Gasteiger partial charge in [0.25, 0.3) is 5.91 Å². The first kappa shape index (κ1) is 17.0. The van der Waals surface area contributed by atoms with E-state index in [0.717, 1.165) is 19.6 Å². The average molecular weight is 354 g/mol. The summed E-state index contributed by atoms with van der Waals surface area (Å²) in [5.41, 5.74) is 2.21. The molecule has 1 aliphatic carbocycles. The fraction of sp³-hybridized carbons (Fsp3) is 0.526. The van der Waals surface area contributed by atoms with Crippen LogP contribution in [0.25, 0.3) is 0 Å². The summed E-state index contributed by atoms with van der Waals surface area (Å²) in [4.78, 5) is 15.1. The molecule has 0 radical (unpaired) electrons. The van der Waals surface area contributed by atoms with Crippen LogP contribution in [0.4, 0.5) is 0 Å². The molecule has 0 saturated carbocycles. The molecule has 2 atom stereocenters. The van der Waals surface area contributed by atoms with Crippen LogP contribution in [0, 0.1) is 0 Å². The Balaban J connectivity index is 1.48. The molecule has 1 aliphatic heterocycles. The number of allylic oxidation sites excluding steroid dienone is 1. The van der Waals surface area contributed by atoms with Gasteiger partial charge in [-0.25, -0.2) is 4.68 Å². The summed E-state index contributed by atoms with van der Waals surface area (Å²) in [6.45, 7) is 2.69. The first-order chi connectivity index (χ1) is 12.7. The van der Waals surface area contributed by atoms with Gasteiger partial charge in [0.15, 0.2) is 0 Å². The second kappa shape index (κ2) is 7.45. The van der Waals surface area contributed by atoms with Crippen molar-refractivity contribution in [3.63, 3.8) is 0 Å². The molecule has 1 fully saturated rings. The second-order valence-corrected chi connectivity index (χ2v) is 7.34. The lowest BCUT2D eigenvalue weighted by Crippen LogP contribution is -2.42. The summed E-state index contributed by atoms with van der Waals surface area (Å²) in [6.07, 6.45) is 12.9. The van der Waals surface area contributed by atoms with E-state index < -0.39 is 0 Å². The second-order valence-electron chi connectivity index (χ2n) is 7.34. The minimum atomic E-state index is -0.0358. The fourth-order valence-corrected chi connectivity index (χ4v) is 4.07. The standard InChI is InChI=1S/C19H26N6O/c1-23-10-5-8-17(23)19(26)21-16-13-24(12-15-6-3-2-4-7-15)14-18(16)25-11-9-20-22-25/h5-6,8-11,16,18H,2-4,7,12-14H2,1H3,(H,21,26)/t16-,18+/m1/s1. The molecule has 0 spiro atoms. The van der Waals surface area contributed by atoms with Crippen molar-refractivity contribution < 1.29 is 4.79 Å². The van der Waals surface area contributed by atoms with Gasteiger partial charge in [-0.3, -0.25) is 9.69 Å². The first-order valence-corrected chi connectivity index (χ1v) is 9.39. The van der Waals surface area contributed by atoms with E-state index in [0.29, 0.717) is 5.69 Å². The van der Waals surface area contributed by atoms with Gasteiger partial charge in [0.05, 0.1) is 18.3 Å². The lowest BCUT2D eigenvalue weighted by Gasteiger charge is -2.20. The summed E-state index contributed by atoms with van der Waals surface area (Å²) in [5, 5.41) is 11.4. The van der Waals surface area contributed by atoms with Crippen LogP contribution in [0.1, 0.15) is 42.2 Å². The molecule has 0 aromatic carbocycles. The van der Waals surface area contributed by atoms with E-state index in [1.807, 2.05) is 40.8 Å².